The zero-order valence-electron chi connectivity index (χ0n) is 15.0. The Labute approximate surface area is 152 Å². The summed E-state index contributed by atoms with van der Waals surface area (Å²) in [6, 6.07) is 7.25. The molecule has 26 heavy (non-hydrogen) atoms. The van der Waals surface area contributed by atoms with Crippen molar-refractivity contribution in [3.05, 3.63) is 58.8 Å². The molecule has 2 aromatic rings. The fourth-order valence-electron chi connectivity index (χ4n) is 2.54. The second-order valence-corrected chi connectivity index (χ2v) is 5.89. The summed E-state index contributed by atoms with van der Waals surface area (Å²) < 4.78 is 10.3. The molecular weight excluding hydrogens is 336 g/mol. The van der Waals surface area contributed by atoms with E-state index < -0.39 is 17.9 Å². The lowest BCUT2D eigenvalue weighted by molar-refractivity contribution is -0.139. The van der Waals surface area contributed by atoms with Gasteiger partial charge in [0.25, 0.3) is 5.91 Å². The first-order valence-corrected chi connectivity index (χ1v) is 8.10. The van der Waals surface area contributed by atoms with E-state index in [0.29, 0.717) is 18.8 Å². The standard InChI is InChI=1S/C19H22N2O5/c1-12-8-13(2)10-15(9-12)17(19(23)24)21-18(22)14-4-5-20-16(11-14)26-7-6-25-3/h4-5,8-11,17H,6-7H2,1-3H3,(H,21,22)(H,23,24). The molecule has 1 aromatic heterocycles. The monoisotopic (exact) mass is 358 g/mol. The number of aryl methyl sites for hydroxylation is 2. The zero-order chi connectivity index (χ0) is 19.1. The molecule has 0 bridgehead atoms. The number of nitrogens with zero attached hydrogens (tertiary/aromatic N) is 1. The average molecular weight is 358 g/mol. The van der Waals surface area contributed by atoms with E-state index in [1.807, 2.05) is 19.9 Å². The van der Waals surface area contributed by atoms with Crippen molar-refractivity contribution >= 4 is 11.9 Å². The van der Waals surface area contributed by atoms with Gasteiger partial charge in [0.1, 0.15) is 6.61 Å². The number of amides is 1. The predicted octanol–water partition coefficient (Wildman–Crippen LogP) is 2.28. The van der Waals surface area contributed by atoms with E-state index in [2.05, 4.69) is 10.3 Å². The second-order valence-electron chi connectivity index (χ2n) is 5.89. The number of nitrogens with one attached hydrogen (secondary N) is 1. The fraction of sp³-hybridized carbons (Fsp3) is 0.316. The molecule has 7 heteroatoms. The molecule has 0 saturated carbocycles. The first-order chi connectivity index (χ1) is 12.4. The van der Waals surface area contributed by atoms with E-state index in [9.17, 15) is 14.7 Å². The van der Waals surface area contributed by atoms with Crippen LogP contribution >= 0.6 is 0 Å². The van der Waals surface area contributed by atoms with Crippen molar-refractivity contribution in [2.75, 3.05) is 20.3 Å². The maximum absolute atomic E-state index is 12.5. The number of hydrogen-bond acceptors (Lipinski definition) is 5. The first kappa shape index (κ1) is 19.4. The van der Waals surface area contributed by atoms with Crippen LogP contribution in [-0.4, -0.2) is 42.3 Å². The zero-order valence-corrected chi connectivity index (χ0v) is 15.0. The molecule has 0 aliphatic rings. The molecule has 7 nitrogen and oxygen atoms in total. The SMILES string of the molecule is COCCOc1cc(C(=O)NC(C(=O)O)c2cc(C)cc(C)c2)ccn1. The molecule has 2 rings (SSSR count). The topological polar surface area (TPSA) is 97.8 Å². The van der Waals surface area contributed by atoms with Crippen molar-refractivity contribution in [2.45, 2.75) is 19.9 Å². The number of aliphatic carboxylic acids is 1. The number of carboxylic acid groups (broad SMARTS) is 1. The van der Waals surface area contributed by atoms with Gasteiger partial charge in [-0.25, -0.2) is 9.78 Å². The third-order valence-corrected chi connectivity index (χ3v) is 3.63. The highest BCUT2D eigenvalue weighted by atomic mass is 16.5. The van der Waals surface area contributed by atoms with E-state index in [0.717, 1.165) is 11.1 Å². The molecule has 0 radical (unpaired) electrons. The van der Waals surface area contributed by atoms with Gasteiger partial charge in [-0.15, -0.1) is 0 Å². The fourth-order valence-corrected chi connectivity index (χ4v) is 2.54. The van der Waals surface area contributed by atoms with E-state index in [1.165, 1.54) is 18.3 Å². The summed E-state index contributed by atoms with van der Waals surface area (Å²) in [5.74, 6) is -1.38. The Morgan fingerprint density at radius 1 is 1.15 bits per heavy atom. The molecule has 0 saturated heterocycles. The highest BCUT2D eigenvalue weighted by Crippen LogP contribution is 2.19. The number of carboxylic acids is 1. The van der Waals surface area contributed by atoms with Gasteiger partial charge < -0.3 is 19.9 Å². The molecule has 1 heterocycles. The predicted molar refractivity (Wildman–Crippen MR) is 95.4 cm³/mol. The summed E-state index contributed by atoms with van der Waals surface area (Å²) in [7, 11) is 1.56. The summed E-state index contributed by atoms with van der Waals surface area (Å²) in [6.45, 7) is 4.45. The maximum atomic E-state index is 12.5. The average Bonchev–Trinajstić information content (AvgIpc) is 2.58. The van der Waals surface area contributed by atoms with Gasteiger partial charge in [0, 0.05) is 24.9 Å². The Bertz CT molecular complexity index is 771. The van der Waals surface area contributed by atoms with Crippen LogP contribution in [0.15, 0.2) is 36.5 Å². The van der Waals surface area contributed by atoms with Gasteiger partial charge in [0.05, 0.1) is 6.61 Å². The van der Waals surface area contributed by atoms with Crippen LogP contribution in [0.1, 0.15) is 33.1 Å². The van der Waals surface area contributed by atoms with Gasteiger partial charge in [-0.1, -0.05) is 29.3 Å². The Hall–Kier alpha value is -2.93. The van der Waals surface area contributed by atoms with Crippen molar-refractivity contribution in [1.82, 2.24) is 10.3 Å². The largest absolute Gasteiger partial charge is 0.479 e. The van der Waals surface area contributed by atoms with Gasteiger partial charge in [-0.05, 0) is 25.5 Å². The summed E-state index contributed by atoms with van der Waals surface area (Å²) in [4.78, 5) is 28.2. The van der Waals surface area contributed by atoms with E-state index >= 15 is 0 Å². The van der Waals surface area contributed by atoms with Crippen molar-refractivity contribution in [3.8, 4) is 5.88 Å². The van der Waals surface area contributed by atoms with Crippen LogP contribution in [-0.2, 0) is 9.53 Å². The minimum absolute atomic E-state index is 0.267. The minimum atomic E-state index is -1.15. The minimum Gasteiger partial charge on any atom is -0.479 e. The Morgan fingerprint density at radius 3 is 2.46 bits per heavy atom. The van der Waals surface area contributed by atoms with Gasteiger partial charge in [-0.3, -0.25) is 4.79 Å². The number of carbonyl (C=O) groups is 2. The molecule has 0 spiro atoms. The van der Waals surface area contributed by atoms with E-state index in [-0.39, 0.29) is 11.4 Å². The summed E-state index contributed by atoms with van der Waals surface area (Å²) in [5.41, 5.74) is 2.65. The van der Waals surface area contributed by atoms with Gasteiger partial charge >= 0.3 is 5.97 Å². The number of rotatable bonds is 8. The maximum Gasteiger partial charge on any atom is 0.330 e. The summed E-state index contributed by atoms with van der Waals surface area (Å²) >= 11 is 0. The summed E-state index contributed by atoms with van der Waals surface area (Å²) in [5, 5.41) is 12.1. The first-order valence-electron chi connectivity index (χ1n) is 8.10. The number of aromatic nitrogens is 1. The van der Waals surface area contributed by atoms with Crippen LogP contribution in [0.4, 0.5) is 0 Å². The molecular formula is C19H22N2O5. The number of benzene rings is 1. The number of carbonyl (C=O) groups excluding carboxylic acids is 1. The molecule has 1 aromatic carbocycles. The van der Waals surface area contributed by atoms with Gasteiger partial charge in [-0.2, -0.15) is 0 Å². The number of methoxy groups -OCH3 is 1. The van der Waals surface area contributed by atoms with Gasteiger partial charge in [0.2, 0.25) is 5.88 Å². The smallest absolute Gasteiger partial charge is 0.330 e. The highest BCUT2D eigenvalue weighted by Gasteiger charge is 2.23. The van der Waals surface area contributed by atoms with Crippen LogP contribution in [0.25, 0.3) is 0 Å². The lowest BCUT2D eigenvalue weighted by atomic mass is 10.0. The van der Waals surface area contributed by atoms with E-state index in [4.69, 9.17) is 9.47 Å². The van der Waals surface area contributed by atoms with Crippen LogP contribution in [0.2, 0.25) is 0 Å². The molecule has 0 fully saturated rings. The van der Waals surface area contributed by atoms with Crippen LogP contribution in [0.5, 0.6) is 5.88 Å². The van der Waals surface area contributed by atoms with Crippen LogP contribution < -0.4 is 10.1 Å². The Kier molecular flexibility index (Phi) is 6.68. The highest BCUT2D eigenvalue weighted by molar-refractivity contribution is 5.97. The molecule has 0 aliphatic heterocycles. The second kappa shape index (κ2) is 8.96. The molecule has 1 atom stereocenters. The van der Waals surface area contributed by atoms with Crippen molar-refractivity contribution < 1.29 is 24.2 Å². The van der Waals surface area contributed by atoms with Crippen molar-refractivity contribution in [3.63, 3.8) is 0 Å². The van der Waals surface area contributed by atoms with Crippen LogP contribution in [0, 0.1) is 13.8 Å². The Balaban J connectivity index is 2.17. The number of hydrogen-bond donors (Lipinski definition) is 2. The number of pyridine rings is 1. The van der Waals surface area contributed by atoms with E-state index in [1.54, 1.807) is 19.2 Å². The third kappa shape index (κ3) is 5.29. The third-order valence-electron chi connectivity index (χ3n) is 3.63. The van der Waals surface area contributed by atoms with Crippen molar-refractivity contribution in [2.24, 2.45) is 0 Å². The number of ether oxygens (including phenoxy) is 2. The molecule has 2 N–H and O–H groups in total. The quantitative estimate of drug-likeness (QED) is 0.703. The molecule has 1 unspecified atom stereocenters. The lowest BCUT2D eigenvalue weighted by Gasteiger charge is -2.16. The van der Waals surface area contributed by atoms with Gasteiger partial charge in [0.15, 0.2) is 6.04 Å². The summed E-state index contributed by atoms with van der Waals surface area (Å²) in [6.07, 6.45) is 1.43. The lowest BCUT2D eigenvalue weighted by Crippen LogP contribution is -2.33. The van der Waals surface area contributed by atoms with Crippen LogP contribution in [0.3, 0.4) is 0 Å². The molecule has 138 valence electrons. The normalized spacial score (nSPS) is 11.7. The Morgan fingerprint density at radius 2 is 1.85 bits per heavy atom. The molecule has 1 amide bonds. The molecule has 0 aliphatic carbocycles. The van der Waals surface area contributed by atoms with Crippen molar-refractivity contribution in [1.29, 1.82) is 0 Å².